The molecule has 5 aliphatic heterocycles. The van der Waals surface area contributed by atoms with Crippen LogP contribution in [-0.4, -0.2) is 121 Å². The van der Waals surface area contributed by atoms with Crippen LogP contribution in [0.4, 0.5) is 27.8 Å². The van der Waals surface area contributed by atoms with Crippen LogP contribution in [0.1, 0.15) is 56.9 Å². The molecule has 2 aromatic carbocycles. The number of anilines is 4. The highest BCUT2D eigenvalue weighted by Crippen LogP contribution is 2.43. The van der Waals surface area contributed by atoms with Crippen molar-refractivity contribution in [3.05, 3.63) is 65.5 Å². The van der Waals surface area contributed by atoms with E-state index in [0.29, 0.717) is 50.8 Å². The van der Waals surface area contributed by atoms with Gasteiger partial charge in [-0.3, -0.25) is 34.2 Å². The summed E-state index contributed by atoms with van der Waals surface area (Å²) in [6.07, 6.45) is 4.26. The van der Waals surface area contributed by atoms with Crippen LogP contribution in [0, 0.1) is 5.41 Å². The average Bonchev–Trinajstić information content (AvgIpc) is 3.35. The number of carbonyl (C=O) groups is 6. The number of amides is 7. The molecule has 0 aliphatic carbocycles. The number of nitrogens with one attached hydrogen (secondary N) is 3. The smallest absolute Gasteiger partial charge is 0.317 e. The number of fused-ring (bicyclic) bond motifs is 1. The third-order valence-electron chi connectivity index (χ3n) is 10.8. The lowest BCUT2D eigenvalue weighted by molar-refractivity contribution is -0.136. The fraction of sp³-hybridized carbons (Fsp3) is 0.389. The van der Waals surface area contributed by atoms with Gasteiger partial charge in [0, 0.05) is 74.8 Å². The molecule has 2 atom stereocenters. The predicted octanol–water partition coefficient (Wildman–Crippen LogP) is 0.624. The van der Waals surface area contributed by atoms with E-state index >= 15 is 0 Å². The minimum Gasteiger partial charge on any atom is -0.370 e. The molecule has 3 aromatic rings. The SMILES string of the molecule is CS(=O)(=O)c1ccc(Nc2nc(N3CCC[C@@H](NC(=O)N4CC5(C4)CN(c4ccc6c(c4)C(=O)N(C4CCC(=O)NC4=O)C6=O)C5)C3)cnc2C(N)=O)cc1. The van der Waals surface area contributed by atoms with E-state index in [2.05, 4.69) is 30.8 Å². The van der Waals surface area contributed by atoms with Crippen LogP contribution >= 0.6 is 0 Å². The van der Waals surface area contributed by atoms with Gasteiger partial charge in [-0.15, -0.1) is 0 Å². The predicted molar refractivity (Wildman–Crippen MR) is 196 cm³/mol. The van der Waals surface area contributed by atoms with E-state index < -0.39 is 45.4 Å². The Morgan fingerprint density at radius 1 is 0.945 bits per heavy atom. The Morgan fingerprint density at radius 3 is 2.36 bits per heavy atom. The van der Waals surface area contributed by atoms with Crippen LogP contribution < -0.4 is 31.5 Å². The van der Waals surface area contributed by atoms with E-state index in [4.69, 9.17) is 5.73 Å². The van der Waals surface area contributed by atoms with E-state index in [-0.39, 0.29) is 57.9 Å². The van der Waals surface area contributed by atoms with Gasteiger partial charge in [0.05, 0.1) is 22.2 Å². The quantitative estimate of drug-likeness (QED) is 0.230. The molecule has 5 aliphatic rings. The number of hydrogen-bond donors (Lipinski definition) is 4. The average molecular weight is 771 g/mol. The van der Waals surface area contributed by atoms with E-state index in [0.717, 1.165) is 29.7 Å². The number of urea groups is 1. The highest BCUT2D eigenvalue weighted by atomic mass is 32.2. The standard InChI is InChI=1S/C36H38N10O8S/c1-55(53,54)23-7-4-20(5-8-23)39-31-29(30(37)48)38-14-27(41-31)43-12-2-3-21(15-43)40-35(52)45-18-36(19-45)16-44(17-36)22-6-9-24-25(13-22)34(51)46(33(24)50)26-10-11-28(47)42-32(26)49/h4-9,13-14,21,26H,2-3,10-12,15-19H2,1H3,(H2,37,48)(H,39,41)(H,40,52)(H,42,47,49)/t21-,26?/m1/s1. The summed E-state index contributed by atoms with van der Waals surface area (Å²) in [5.74, 6) is -2.35. The Kier molecular flexibility index (Phi) is 8.70. The topological polar surface area (TPSA) is 237 Å². The number of imide groups is 2. The van der Waals surface area contributed by atoms with E-state index in [1.807, 2.05) is 4.90 Å². The van der Waals surface area contributed by atoms with Crippen LogP contribution in [0.15, 0.2) is 53.6 Å². The number of benzene rings is 2. The zero-order valence-electron chi connectivity index (χ0n) is 29.8. The van der Waals surface area contributed by atoms with Gasteiger partial charge in [-0.05, 0) is 61.7 Å². The molecule has 4 saturated heterocycles. The molecule has 5 N–H and O–H groups in total. The minimum atomic E-state index is -3.39. The zero-order valence-corrected chi connectivity index (χ0v) is 30.6. The molecule has 1 unspecified atom stereocenters. The Labute approximate surface area is 315 Å². The summed E-state index contributed by atoms with van der Waals surface area (Å²) in [6, 6.07) is 9.71. The summed E-state index contributed by atoms with van der Waals surface area (Å²) in [5, 5.41) is 8.37. The van der Waals surface area contributed by atoms with Crippen molar-refractivity contribution < 1.29 is 37.2 Å². The Hall–Kier alpha value is -6.11. The number of carbonyl (C=O) groups excluding carboxylic acids is 6. The van der Waals surface area contributed by atoms with Crippen LogP contribution in [0.25, 0.3) is 0 Å². The van der Waals surface area contributed by atoms with Gasteiger partial charge in [-0.1, -0.05) is 0 Å². The molecule has 18 nitrogen and oxygen atoms in total. The molecule has 286 valence electrons. The second-order valence-electron chi connectivity index (χ2n) is 14.8. The molecule has 0 bridgehead atoms. The maximum atomic E-state index is 13.3. The van der Waals surface area contributed by atoms with E-state index in [1.165, 1.54) is 18.3 Å². The number of aromatic nitrogens is 2. The summed E-state index contributed by atoms with van der Waals surface area (Å²) in [5.41, 5.74) is 7.13. The van der Waals surface area contributed by atoms with Gasteiger partial charge in [0.15, 0.2) is 21.3 Å². The molecular formula is C36H38N10O8S. The number of piperidine rings is 2. The van der Waals surface area contributed by atoms with Crippen LogP contribution in [-0.2, 0) is 19.4 Å². The lowest BCUT2D eigenvalue weighted by Gasteiger charge is -2.60. The highest BCUT2D eigenvalue weighted by molar-refractivity contribution is 7.90. The lowest BCUT2D eigenvalue weighted by Crippen LogP contribution is -2.74. The van der Waals surface area contributed by atoms with Crippen molar-refractivity contribution >= 4 is 68.4 Å². The van der Waals surface area contributed by atoms with Crippen molar-refractivity contribution in [2.24, 2.45) is 11.1 Å². The highest BCUT2D eigenvalue weighted by Gasteiger charge is 2.54. The normalized spacial score (nSPS) is 21.8. The molecule has 0 saturated carbocycles. The number of primary amides is 1. The van der Waals surface area contributed by atoms with Gasteiger partial charge in [0.25, 0.3) is 17.7 Å². The molecule has 4 fully saturated rings. The first kappa shape index (κ1) is 35.9. The number of rotatable bonds is 8. The Bertz CT molecular complexity index is 2270. The van der Waals surface area contributed by atoms with Gasteiger partial charge < -0.3 is 31.1 Å². The first-order valence-corrected chi connectivity index (χ1v) is 19.7. The maximum absolute atomic E-state index is 13.3. The molecule has 19 heteroatoms. The molecule has 0 radical (unpaired) electrons. The number of sulfone groups is 1. The van der Waals surface area contributed by atoms with E-state index in [1.54, 1.807) is 35.2 Å². The van der Waals surface area contributed by atoms with Crippen molar-refractivity contribution in [1.29, 1.82) is 0 Å². The second-order valence-corrected chi connectivity index (χ2v) is 16.9. The van der Waals surface area contributed by atoms with Crippen molar-refractivity contribution in [3.8, 4) is 0 Å². The summed E-state index contributed by atoms with van der Waals surface area (Å²) in [4.78, 5) is 91.6. The fourth-order valence-electron chi connectivity index (χ4n) is 8.00. The lowest BCUT2D eigenvalue weighted by atomic mass is 9.72. The third-order valence-corrected chi connectivity index (χ3v) is 11.9. The molecule has 1 spiro atoms. The van der Waals surface area contributed by atoms with Crippen LogP contribution in [0.2, 0.25) is 0 Å². The summed E-state index contributed by atoms with van der Waals surface area (Å²) < 4.78 is 23.7. The summed E-state index contributed by atoms with van der Waals surface area (Å²) in [6.45, 7) is 3.59. The summed E-state index contributed by atoms with van der Waals surface area (Å²) in [7, 11) is -3.39. The first-order chi connectivity index (χ1) is 26.2. The van der Waals surface area contributed by atoms with Gasteiger partial charge in [-0.25, -0.2) is 23.2 Å². The van der Waals surface area contributed by atoms with Crippen molar-refractivity contribution in [2.45, 2.75) is 42.7 Å². The molecular weight excluding hydrogens is 733 g/mol. The number of nitrogens with zero attached hydrogens (tertiary/aromatic N) is 6. The molecule has 1 aromatic heterocycles. The molecule has 8 rings (SSSR count). The fourth-order valence-corrected chi connectivity index (χ4v) is 8.63. The largest absolute Gasteiger partial charge is 0.370 e. The molecule has 6 heterocycles. The van der Waals surface area contributed by atoms with Crippen molar-refractivity contribution in [2.75, 3.05) is 60.6 Å². The van der Waals surface area contributed by atoms with Crippen LogP contribution in [0.5, 0.6) is 0 Å². The zero-order chi connectivity index (χ0) is 38.8. The van der Waals surface area contributed by atoms with E-state index in [9.17, 15) is 37.2 Å². The number of hydrogen-bond acceptors (Lipinski definition) is 13. The van der Waals surface area contributed by atoms with Crippen LogP contribution in [0.3, 0.4) is 0 Å². The maximum Gasteiger partial charge on any atom is 0.317 e. The monoisotopic (exact) mass is 770 g/mol. The number of likely N-dealkylation sites (tertiary alicyclic amines) is 1. The minimum absolute atomic E-state index is 0.0527. The first-order valence-electron chi connectivity index (χ1n) is 17.8. The molecule has 55 heavy (non-hydrogen) atoms. The second kappa shape index (κ2) is 13.3. The Morgan fingerprint density at radius 2 is 1.67 bits per heavy atom. The van der Waals surface area contributed by atoms with Crippen molar-refractivity contribution in [1.82, 2.24) is 30.4 Å². The van der Waals surface area contributed by atoms with Crippen molar-refractivity contribution in [3.63, 3.8) is 0 Å². The molecule has 7 amide bonds. The van der Waals surface area contributed by atoms with Gasteiger partial charge >= 0.3 is 6.03 Å². The van der Waals surface area contributed by atoms with Gasteiger partial charge in [0.1, 0.15) is 11.9 Å². The van der Waals surface area contributed by atoms with Gasteiger partial charge in [-0.2, -0.15) is 0 Å². The Balaban J connectivity index is 0.851. The number of nitrogens with two attached hydrogens (primary N) is 1. The van der Waals surface area contributed by atoms with Gasteiger partial charge in [0.2, 0.25) is 11.8 Å². The third kappa shape index (κ3) is 6.68. The summed E-state index contributed by atoms with van der Waals surface area (Å²) >= 11 is 0.